The third-order valence-corrected chi connectivity index (χ3v) is 6.03. The second-order valence-corrected chi connectivity index (χ2v) is 7.74. The minimum absolute atomic E-state index is 0.151. The molecular weight excluding hydrogens is 384 g/mol. The molecule has 1 aromatic heterocycles. The van der Waals surface area contributed by atoms with Crippen molar-refractivity contribution in [3.8, 4) is 11.3 Å². The van der Waals surface area contributed by atoms with Crippen molar-refractivity contribution in [2.75, 3.05) is 6.61 Å². The van der Waals surface area contributed by atoms with E-state index in [0.29, 0.717) is 29.3 Å². The number of hydrogen-bond acceptors (Lipinski definition) is 6. The van der Waals surface area contributed by atoms with Crippen molar-refractivity contribution in [2.45, 2.75) is 13.3 Å². The molecule has 1 saturated carbocycles. The molecule has 3 aliphatic rings. The fourth-order valence-electron chi connectivity index (χ4n) is 4.71. The van der Waals surface area contributed by atoms with Crippen molar-refractivity contribution in [1.29, 1.82) is 0 Å². The second kappa shape index (κ2) is 7.09. The van der Waals surface area contributed by atoms with Crippen LogP contribution in [0.5, 0.6) is 0 Å². The van der Waals surface area contributed by atoms with Crippen LogP contribution in [0, 0.1) is 23.7 Å². The normalized spacial score (nSPS) is 26.8. The van der Waals surface area contributed by atoms with E-state index in [1.807, 2.05) is 18.2 Å². The average Bonchev–Trinajstić information content (AvgIpc) is 3.52. The molecule has 0 unspecified atom stereocenters. The van der Waals surface area contributed by atoms with Crippen LogP contribution in [0.25, 0.3) is 11.3 Å². The standard InChI is InChI=1S/C23H20N2O5/c1-2-29-23(28)16-5-3-4-13(10-16)18-9-8-17(30-18)12-24-25-21(26)19-14-6-7-15(11-14)20(19)22(25)27/h3-10,12,14-15,19-20H,2,11H2,1H3/b24-12-/t14-,15-,19-,20-/m0/s1. The summed E-state index contributed by atoms with van der Waals surface area (Å²) in [6.07, 6.45) is 6.36. The van der Waals surface area contributed by atoms with Crippen LogP contribution in [-0.4, -0.2) is 35.6 Å². The molecule has 0 N–H and O–H groups in total. The number of fused-ring (bicyclic) bond motifs is 5. The molecule has 1 aliphatic heterocycles. The van der Waals surface area contributed by atoms with Gasteiger partial charge in [0.2, 0.25) is 0 Å². The summed E-state index contributed by atoms with van der Waals surface area (Å²) in [7, 11) is 0. The number of hydrogen-bond donors (Lipinski definition) is 0. The third kappa shape index (κ3) is 2.89. The van der Waals surface area contributed by atoms with E-state index in [0.717, 1.165) is 11.4 Å². The lowest BCUT2D eigenvalue weighted by Crippen LogP contribution is -2.28. The van der Waals surface area contributed by atoms with Gasteiger partial charge in [0, 0.05) is 5.56 Å². The number of esters is 1. The predicted molar refractivity (Wildman–Crippen MR) is 107 cm³/mol. The molecular formula is C23H20N2O5. The van der Waals surface area contributed by atoms with Gasteiger partial charge in [-0.25, -0.2) is 4.79 Å². The van der Waals surface area contributed by atoms with E-state index in [4.69, 9.17) is 9.15 Å². The van der Waals surface area contributed by atoms with E-state index >= 15 is 0 Å². The molecule has 7 heteroatoms. The second-order valence-electron chi connectivity index (χ2n) is 7.74. The van der Waals surface area contributed by atoms with Gasteiger partial charge in [0.25, 0.3) is 11.8 Å². The lowest BCUT2D eigenvalue weighted by molar-refractivity contribution is -0.140. The topological polar surface area (TPSA) is 89.2 Å². The molecule has 1 saturated heterocycles. The fraction of sp³-hybridized carbons (Fsp3) is 0.304. The van der Waals surface area contributed by atoms with Gasteiger partial charge in [-0.3, -0.25) is 9.59 Å². The molecule has 2 fully saturated rings. The van der Waals surface area contributed by atoms with Gasteiger partial charge >= 0.3 is 5.97 Å². The van der Waals surface area contributed by atoms with Crippen molar-refractivity contribution in [3.05, 3.63) is 59.9 Å². The molecule has 152 valence electrons. The van der Waals surface area contributed by atoms with E-state index in [1.54, 1.807) is 37.3 Å². The molecule has 2 heterocycles. The van der Waals surface area contributed by atoms with Crippen molar-refractivity contribution in [3.63, 3.8) is 0 Å². The maximum atomic E-state index is 12.7. The highest BCUT2D eigenvalue weighted by Crippen LogP contribution is 2.52. The minimum Gasteiger partial charge on any atom is -0.462 e. The van der Waals surface area contributed by atoms with Crippen LogP contribution in [0.3, 0.4) is 0 Å². The van der Waals surface area contributed by atoms with Crippen molar-refractivity contribution in [2.24, 2.45) is 28.8 Å². The summed E-state index contributed by atoms with van der Waals surface area (Å²) in [6, 6.07) is 10.4. The van der Waals surface area contributed by atoms with Gasteiger partial charge in [-0.05, 0) is 49.4 Å². The molecule has 5 rings (SSSR count). The number of benzene rings is 1. The zero-order chi connectivity index (χ0) is 20.8. The van der Waals surface area contributed by atoms with Gasteiger partial charge in [0.05, 0.1) is 30.2 Å². The van der Waals surface area contributed by atoms with E-state index < -0.39 is 5.97 Å². The molecule has 7 nitrogen and oxygen atoms in total. The molecule has 2 aromatic rings. The Bertz CT molecular complexity index is 1070. The Hall–Kier alpha value is -3.48. The Labute approximate surface area is 173 Å². The lowest BCUT2D eigenvalue weighted by Gasteiger charge is -2.13. The zero-order valence-electron chi connectivity index (χ0n) is 16.4. The van der Waals surface area contributed by atoms with E-state index in [1.165, 1.54) is 6.21 Å². The Morgan fingerprint density at radius 3 is 2.60 bits per heavy atom. The predicted octanol–water partition coefficient (Wildman–Crippen LogP) is 3.26. The van der Waals surface area contributed by atoms with Crippen LogP contribution in [-0.2, 0) is 14.3 Å². The van der Waals surface area contributed by atoms with E-state index in [9.17, 15) is 14.4 Å². The molecule has 2 amide bonds. The number of nitrogens with zero attached hydrogens (tertiary/aromatic N) is 2. The zero-order valence-corrected chi connectivity index (χ0v) is 16.4. The van der Waals surface area contributed by atoms with Gasteiger partial charge in [-0.1, -0.05) is 24.3 Å². The summed E-state index contributed by atoms with van der Waals surface area (Å²) in [5, 5.41) is 5.12. The number of furan rings is 1. The number of allylic oxidation sites excluding steroid dienone is 2. The van der Waals surface area contributed by atoms with Crippen LogP contribution in [0.1, 0.15) is 29.5 Å². The number of hydrazone groups is 1. The van der Waals surface area contributed by atoms with Crippen LogP contribution >= 0.6 is 0 Å². The molecule has 30 heavy (non-hydrogen) atoms. The highest BCUT2D eigenvalue weighted by atomic mass is 16.5. The van der Waals surface area contributed by atoms with Crippen LogP contribution in [0.4, 0.5) is 0 Å². The highest BCUT2D eigenvalue weighted by Gasteiger charge is 2.59. The summed E-state index contributed by atoms with van der Waals surface area (Å²) < 4.78 is 10.8. The first-order valence-corrected chi connectivity index (χ1v) is 10.0. The summed E-state index contributed by atoms with van der Waals surface area (Å²) >= 11 is 0. The van der Waals surface area contributed by atoms with Gasteiger partial charge < -0.3 is 9.15 Å². The van der Waals surface area contributed by atoms with Crippen molar-refractivity contribution >= 4 is 24.0 Å². The Kier molecular flexibility index (Phi) is 4.38. The largest absolute Gasteiger partial charge is 0.462 e. The number of amides is 2. The third-order valence-electron chi connectivity index (χ3n) is 6.03. The summed E-state index contributed by atoms with van der Waals surface area (Å²) in [4.78, 5) is 37.3. The first-order valence-electron chi connectivity index (χ1n) is 10.0. The summed E-state index contributed by atoms with van der Waals surface area (Å²) in [6.45, 7) is 2.06. The van der Waals surface area contributed by atoms with Gasteiger partial charge in [0.15, 0.2) is 0 Å². The number of carbonyl (C=O) groups is 3. The Morgan fingerprint density at radius 2 is 1.90 bits per heavy atom. The smallest absolute Gasteiger partial charge is 0.338 e. The number of ether oxygens (including phenoxy) is 1. The Balaban J connectivity index is 1.33. The van der Waals surface area contributed by atoms with Crippen molar-refractivity contribution in [1.82, 2.24) is 5.01 Å². The minimum atomic E-state index is -0.396. The lowest BCUT2D eigenvalue weighted by atomic mass is 9.85. The van der Waals surface area contributed by atoms with Gasteiger partial charge in [0.1, 0.15) is 11.5 Å². The molecule has 0 radical (unpaired) electrons. The first-order chi connectivity index (χ1) is 14.6. The maximum absolute atomic E-state index is 12.7. The van der Waals surface area contributed by atoms with Gasteiger partial charge in [-0.2, -0.15) is 10.1 Å². The van der Waals surface area contributed by atoms with Gasteiger partial charge in [-0.15, -0.1) is 0 Å². The molecule has 2 bridgehead atoms. The average molecular weight is 404 g/mol. The summed E-state index contributed by atoms with van der Waals surface area (Å²) in [5.41, 5.74) is 1.15. The van der Waals surface area contributed by atoms with Crippen molar-refractivity contribution < 1.29 is 23.5 Å². The number of rotatable bonds is 5. The maximum Gasteiger partial charge on any atom is 0.338 e. The van der Waals surface area contributed by atoms with Crippen LogP contribution < -0.4 is 0 Å². The number of carbonyl (C=O) groups excluding carboxylic acids is 3. The quantitative estimate of drug-likeness (QED) is 0.330. The number of imide groups is 1. The fourth-order valence-corrected chi connectivity index (χ4v) is 4.71. The van der Waals surface area contributed by atoms with E-state index in [-0.39, 0.29) is 35.5 Å². The Morgan fingerprint density at radius 1 is 1.17 bits per heavy atom. The summed E-state index contributed by atoms with van der Waals surface area (Å²) in [5.74, 6) is -0.153. The van der Waals surface area contributed by atoms with E-state index in [2.05, 4.69) is 5.10 Å². The molecule has 2 aliphatic carbocycles. The van der Waals surface area contributed by atoms with Crippen LogP contribution in [0.15, 0.2) is 58.1 Å². The monoisotopic (exact) mass is 404 g/mol. The molecule has 1 aromatic carbocycles. The molecule has 4 atom stereocenters. The van der Waals surface area contributed by atoms with Crippen LogP contribution in [0.2, 0.25) is 0 Å². The molecule has 0 spiro atoms. The first kappa shape index (κ1) is 18.5. The highest BCUT2D eigenvalue weighted by molar-refractivity contribution is 6.06. The SMILES string of the molecule is CCOC(=O)c1cccc(-c2ccc(/C=N\N3C(=O)[C@@H]4[C@@H](C3=O)[C@H]3C=C[C@H]4C3)o2)c1.